The zero-order valence-corrected chi connectivity index (χ0v) is 10.7. The first-order valence-electron chi connectivity index (χ1n) is 5.83. The number of aliphatic carboxylic acids is 1. The van der Waals surface area contributed by atoms with Crippen LogP contribution in [0.15, 0.2) is 12.4 Å². The van der Waals surface area contributed by atoms with Gasteiger partial charge in [-0.1, -0.05) is 6.92 Å². The normalized spacial score (nSPS) is 12.3. The molecule has 0 spiro atoms. The number of carboxylic acids is 1. The average Bonchev–Trinajstić information content (AvgIpc) is 2.77. The van der Waals surface area contributed by atoms with Crippen LogP contribution in [0, 0.1) is 12.8 Å². The number of tetrazole rings is 1. The highest BCUT2D eigenvalue weighted by molar-refractivity contribution is 5.66. The van der Waals surface area contributed by atoms with Gasteiger partial charge in [-0.3, -0.25) is 9.78 Å². The first-order valence-corrected chi connectivity index (χ1v) is 5.83. The minimum atomic E-state index is -0.836. The van der Waals surface area contributed by atoms with Crippen LogP contribution in [0.1, 0.15) is 19.0 Å². The standard InChI is InChI=1S/C11H14N6O2/c1-7(3-10(18)19)6-17-11(14-15-16-17)9-5-12-8(2)4-13-9/h4-5,7H,3,6H2,1-2H3,(H,18,19). The van der Waals surface area contributed by atoms with E-state index in [9.17, 15) is 4.79 Å². The molecule has 19 heavy (non-hydrogen) atoms. The second-order valence-electron chi connectivity index (χ2n) is 4.43. The topological polar surface area (TPSA) is 107 Å². The molecule has 2 heterocycles. The molecule has 2 rings (SSSR count). The largest absolute Gasteiger partial charge is 0.481 e. The minimum Gasteiger partial charge on any atom is -0.481 e. The maximum Gasteiger partial charge on any atom is 0.303 e. The highest BCUT2D eigenvalue weighted by atomic mass is 16.4. The second kappa shape index (κ2) is 5.51. The molecule has 1 unspecified atom stereocenters. The Morgan fingerprint density at radius 1 is 1.42 bits per heavy atom. The zero-order chi connectivity index (χ0) is 13.8. The summed E-state index contributed by atoms with van der Waals surface area (Å²) < 4.78 is 1.55. The van der Waals surface area contributed by atoms with Crippen molar-refractivity contribution in [3.8, 4) is 11.5 Å². The molecule has 0 aromatic carbocycles. The van der Waals surface area contributed by atoms with Crippen LogP contribution in [0.2, 0.25) is 0 Å². The third-order valence-corrected chi connectivity index (χ3v) is 2.55. The molecule has 0 aliphatic carbocycles. The van der Waals surface area contributed by atoms with Gasteiger partial charge >= 0.3 is 5.97 Å². The molecule has 0 radical (unpaired) electrons. The van der Waals surface area contributed by atoms with Gasteiger partial charge in [0, 0.05) is 19.2 Å². The molecule has 2 aromatic heterocycles. The van der Waals surface area contributed by atoms with Gasteiger partial charge in [-0.2, -0.15) is 0 Å². The summed E-state index contributed by atoms with van der Waals surface area (Å²) in [5, 5.41) is 20.1. The van der Waals surface area contributed by atoms with Crippen LogP contribution in [0.4, 0.5) is 0 Å². The number of rotatable bonds is 5. The summed E-state index contributed by atoms with van der Waals surface area (Å²) in [6.45, 7) is 4.10. The molecular weight excluding hydrogens is 248 g/mol. The van der Waals surface area contributed by atoms with Crippen molar-refractivity contribution in [1.82, 2.24) is 30.2 Å². The Kier molecular flexibility index (Phi) is 3.79. The van der Waals surface area contributed by atoms with E-state index in [4.69, 9.17) is 5.11 Å². The van der Waals surface area contributed by atoms with Crippen molar-refractivity contribution < 1.29 is 9.90 Å². The van der Waals surface area contributed by atoms with Crippen molar-refractivity contribution in [3.63, 3.8) is 0 Å². The van der Waals surface area contributed by atoms with E-state index in [2.05, 4.69) is 25.5 Å². The third kappa shape index (κ3) is 3.30. The Balaban J connectivity index is 2.18. The van der Waals surface area contributed by atoms with Crippen LogP contribution in [0.25, 0.3) is 11.5 Å². The van der Waals surface area contributed by atoms with Crippen molar-refractivity contribution in [2.45, 2.75) is 26.8 Å². The van der Waals surface area contributed by atoms with Gasteiger partial charge in [-0.05, 0) is 23.3 Å². The van der Waals surface area contributed by atoms with Gasteiger partial charge in [-0.15, -0.1) is 5.10 Å². The van der Waals surface area contributed by atoms with Gasteiger partial charge in [0.15, 0.2) is 0 Å². The Labute approximate surface area is 109 Å². The van der Waals surface area contributed by atoms with Crippen LogP contribution in [0.5, 0.6) is 0 Å². The summed E-state index contributed by atoms with van der Waals surface area (Å²) in [6, 6.07) is 0. The molecule has 0 saturated heterocycles. The van der Waals surface area contributed by atoms with E-state index in [1.54, 1.807) is 17.1 Å². The van der Waals surface area contributed by atoms with E-state index in [0.717, 1.165) is 5.69 Å². The van der Waals surface area contributed by atoms with E-state index < -0.39 is 5.97 Å². The monoisotopic (exact) mass is 262 g/mol. The number of hydrogen-bond acceptors (Lipinski definition) is 6. The first-order chi connectivity index (χ1) is 9.06. The molecule has 0 aliphatic rings. The van der Waals surface area contributed by atoms with Crippen LogP contribution < -0.4 is 0 Å². The molecule has 0 saturated carbocycles. The summed E-state index contributed by atoms with van der Waals surface area (Å²) >= 11 is 0. The lowest BCUT2D eigenvalue weighted by molar-refractivity contribution is -0.138. The molecular formula is C11H14N6O2. The van der Waals surface area contributed by atoms with Crippen molar-refractivity contribution >= 4 is 5.97 Å². The van der Waals surface area contributed by atoms with Crippen molar-refractivity contribution in [2.75, 3.05) is 0 Å². The summed E-state index contributed by atoms with van der Waals surface area (Å²) in [5.74, 6) is -0.417. The lowest BCUT2D eigenvalue weighted by atomic mass is 10.1. The molecule has 0 aliphatic heterocycles. The Morgan fingerprint density at radius 3 is 2.84 bits per heavy atom. The number of aryl methyl sites for hydroxylation is 1. The highest BCUT2D eigenvalue weighted by Gasteiger charge is 2.15. The van der Waals surface area contributed by atoms with Crippen molar-refractivity contribution in [1.29, 1.82) is 0 Å². The summed E-state index contributed by atoms with van der Waals surface area (Å²) in [7, 11) is 0. The quantitative estimate of drug-likeness (QED) is 0.838. The van der Waals surface area contributed by atoms with Crippen LogP contribution >= 0.6 is 0 Å². The molecule has 0 amide bonds. The molecule has 1 atom stereocenters. The smallest absolute Gasteiger partial charge is 0.303 e. The predicted octanol–water partition coefficient (Wildman–Crippen LogP) is 0.549. The maximum atomic E-state index is 10.6. The van der Waals surface area contributed by atoms with Gasteiger partial charge < -0.3 is 5.11 Å². The average molecular weight is 262 g/mol. The molecule has 8 nitrogen and oxygen atoms in total. The molecule has 2 aromatic rings. The van der Waals surface area contributed by atoms with Crippen molar-refractivity contribution in [3.05, 3.63) is 18.1 Å². The molecule has 8 heteroatoms. The second-order valence-corrected chi connectivity index (χ2v) is 4.43. The van der Waals surface area contributed by atoms with Crippen molar-refractivity contribution in [2.24, 2.45) is 5.92 Å². The van der Waals surface area contributed by atoms with Gasteiger partial charge in [0.05, 0.1) is 11.9 Å². The van der Waals surface area contributed by atoms with E-state index in [1.165, 1.54) is 0 Å². The Morgan fingerprint density at radius 2 is 2.21 bits per heavy atom. The first kappa shape index (κ1) is 13.1. The number of hydrogen-bond donors (Lipinski definition) is 1. The fourth-order valence-corrected chi connectivity index (χ4v) is 1.68. The maximum absolute atomic E-state index is 10.6. The van der Waals surface area contributed by atoms with E-state index in [1.807, 2.05) is 13.8 Å². The molecule has 0 fully saturated rings. The van der Waals surface area contributed by atoms with Crippen LogP contribution in [-0.2, 0) is 11.3 Å². The highest BCUT2D eigenvalue weighted by Crippen LogP contribution is 2.14. The van der Waals surface area contributed by atoms with E-state index >= 15 is 0 Å². The number of carboxylic acid groups (broad SMARTS) is 1. The van der Waals surface area contributed by atoms with E-state index in [-0.39, 0.29) is 12.3 Å². The molecule has 0 bridgehead atoms. The lowest BCUT2D eigenvalue weighted by Gasteiger charge is -2.09. The Bertz CT molecular complexity index is 565. The van der Waals surface area contributed by atoms with E-state index in [0.29, 0.717) is 18.1 Å². The summed E-state index contributed by atoms with van der Waals surface area (Å²) in [6.07, 6.45) is 3.30. The number of nitrogens with zero attached hydrogens (tertiary/aromatic N) is 6. The third-order valence-electron chi connectivity index (χ3n) is 2.55. The fraction of sp³-hybridized carbons (Fsp3) is 0.455. The fourth-order valence-electron chi connectivity index (χ4n) is 1.68. The SMILES string of the molecule is Cc1cnc(-c2nnnn2CC(C)CC(=O)O)cn1. The molecule has 1 N–H and O–H groups in total. The van der Waals surface area contributed by atoms with Gasteiger partial charge in [0.25, 0.3) is 0 Å². The summed E-state index contributed by atoms with van der Waals surface area (Å²) in [5.41, 5.74) is 1.38. The summed E-state index contributed by atoms with van der Waals surface area (Å²) in [4.78, 5) is 19.0. The van der Waals surface area contributed by atoms with Crippen LogP contribution in [-0.4, -0.2) is 41.3 Å². The lowest BCUT2D eigenvalue weighted by Crippen LogP contribution is -2.14. The minimum absolute atomic E-state index is 0.0683. The van der Waals surface area contributed by atoms with Gasteiger partial charge in [0.2, 0.25) is 5.82 Å². The molecule has 100 valence electrons. The number of aromatic nitrogens is 6. The van der Waals surface area contributed by atoms with Gasteiger partial charge in [0.1, 0.15) is 5.69 Å². The Hall–Kier alpha value is -2.38. The predicted molar refractivity (Wildman–Crippen MR) is 65.0 cm³/mol. The van der Waals surface area contributed by atoms with Crippen LogP contribution in [0.3, 0.4) is 0 Å². The number of carbonyl (C=O) groups is 1. The van der Waals surface area contributed by atoms with Gasteiger partial charge in [-0.25, -0.2) is 9.67 Å². The zero-order valence-electron chi connectivity index (χ0n) is 10.7.